The minimum absolute atomic E-state index is 0.151. The van der Waals surface area contributed by atoms with Gasteiger partial charge in [-0.3, -0.25) is 0 Å². The molecule has 0 spiro atoms. The Kier molecular flexibility index (Phi) is 4.12. The third kappa shape index (κ3) is 3.26. The van der Waals surface area contributed by atoms with Gasteiger partial charge in [-0.1, -0.05) is 0 Å². The molecule has 4 nitrogen and oxygen atoms in total. The monoisotopic (exact) mass is 255 g/mol. The molecule has 2 heterocycles. The van der Waals surface area contributed by atoms with Crippen LogP contribution >= 0.6 is 11.8 Å². The maximum absolute atomic E-state index is 10.7. The van der Waals surface area contributed by atoms with E-state index in [0.29, 0.717) is 23.4 Å². The number of carboxylic acids is 1. The van der Waals surface area contributed by atoms with E-state index in [1.165, 1.54) is 0 Å². The smallest absolute Gasteiger partial charge is 0.114 e. The Morgan fingerprint density at radius 1 is 1.65 bits per heavy atom. The first-order chi connectivity index (χ1) is 8.16. The first-order valence-electron chi connectivity index (χ1n) is 5.67. The van der Waals surface area contributed by atoms with Gasteiger partial charge in [0.1, 0.15) is 11.5 Å². The number of furan rings is 1. The number of rotatable bonds is 5. The lowest BCUT2D eigenvalue weighted by molar-refractivity contribution is -0.255. The van der Waals surface area contributed by atoms with E-state index in [9.17, 15) is 9.90 Å². The van der Waals surface area contributed by atoms with Crippen LogP contribution in [0.2, 0.25) is 0 Å². The molecular weight excluding hydrogens is 240 g/mol. The van der Waals surface area contributed by atoms with E-state index in [2.05, 4.69) is 0 Å². The predicted octanol–water partition coefficient (Wildman–Crippen LogP) is 1.36. The summed E-state index contributed by atoms with van der Waals surface area (Å²) >= 11 is 1.71. The van der Waals surface area contributed by atoms with E-state index in [1.54, 1.807) is 24.8 Å². The summed E-state index contributed by atoms with van der Waals surface area (Å²) in [7, 11) is 0. The summed E-state index contributed by atoms with van der Waals surface area (Å²) in [6, 6.07) is 1.55. The maximum Gasteiger partial charge on any atom is 0.114 e. The Labute approximate surface area is 104 Å². The summed E-state index contributed by atoms with van der Waals surface area (Å²) in [5.41, 5.74) is 0.151. The summed E-state index contributed by atoms with van der Waals surface area (Å²) in [4.78, 5) is 10.7. The fourth-order valence-electron chi connectivity index (χ4n) is 1.88. The molecule has 1 aromatic heterocycles. The third-order valence-electron chi connectivity index (χ3n) is 2.76. The SMILES string of the molecule is Cc1oc(CSC[C@@H]2CCCO2)cc1C(=O)[O-]. The Bertz CT molecular complexity index is 393. The van der Waals surface area contributed by atoms with Gasteiger partial charge < -0.3 is 19.1 Å². The van der Waals surface area contributed by atoms with Gasteiger partial charge in [0.15, 0.2) is 0 Å². The first kappa shape index (κ1) is 12.5. The molecule has 0 N–H and O–H groups in total. The molecule has 0 unspecified atom stereocenters. The largest absolute Gasteiger partial charge is 0.545 e. The molecule has 5 heteroatoms. The van der Waals surface area contributed by atoms with E-state index >= 15 is 0 Å². The number of carboxylic acid groups (broad SMARTS) is 1. The fourth-order valence-corrected chi connectivity index (χ4v) is 2.87. The van der Waals surface area contributed by atoms with Crippen LogP contribution in [-0.2, 0) is 10.5 Å². The topological polar surface area (TPSA) is 62.5 Å². The third-order valence-corrected chi connectivity index (χ3v) is 3.86. The van der Waals surface area contributed by atoms with Crippen LogP contribution in [0.4, 0.5) is 0 Å². The highest BCUT2D eigenvalue weighted by Gasteiger charge is 2.15. The van der Waals surface area contributed by atoms with Crippen LogP contribution < -0.4 is 5.11 Å². The van der Waals surface area contributed by atoms with Gasteiger partial charge in [0.2, 0.25) is 0 Å². The van der Waals surface area contributed by atoms with Gasteiger partial charge in [0.25, 0.3) is 0 Å². The van der Waals surface area contributed by atoms with Crippen molar-refractivity contribution >= 4 is 17.7 Å². The zero-order chi connectivity index (χ0) is 12.3. The Morgan fingerprint density at radius 2 is 2.47 bits per heavy atom. The van der Waals surface area contributed by atoms with Crippen LogP contribution in [0.1, 0.15) is 34.7 Å². The van der Waals surface area contributed by atoms with Crippen molar-refractivity contribution < 1.29 is 19.1 Å². The van der Waals surface area contributed by atoms with E-state index in [0.717, 1.165) is 25.2 Å². The zero-order valence-corrected chi connectivity index (χ0v) is 10.5. The van der Waals surface area contributed by atoms with E-state index in [1.807, 2.05) is 0 Å². The van der Waals surface area contributed by atoms with Gasteiger partial charge in [-0.15, -0.1) is 0 Å². The van der Waals surface area contributed by atoms with Crippen LogP contribution in [0.25, 0.3) is 0 Å². The van der Waals surface area contributed by atoms with Gasteiger partial charge in [0.05, 0.1) is 17.8 Å². The molecule has 0 saturated carbocycles. The molecule has 1 fully saturated rings. The minimum Gasteiger partial charge on any atom is -0.545 e. The first-order valence-corrected chi connectivity index (χ1v) is 6.82. The second-order valence-electron chi connectivity index (χ2n) is 4.12. The zero-order valence-electron chi connectivity index (χ0n) is 9.73. The normalized spacial score (nSPS) is 19.7. The molecule has 1 aliphatic rings. The highest BCUT2D eigenvalue weighted by Crippen LogP contribution is 2.22. The van der Waals surface area contributed by atoms with Crippen molar-refractivity contribution in [3.8, 4) is 0 Å². The van der Waals surface area contributed by atoms with Gasteiger partial charge in [-0.2, -0.15) is 11.8 Å². The van der Waals surface area contributed by atoms with Gasteiger partial charge in [0, 0.05) is 17.9 Å². The minimum atomic E-state index is -1.18. The quantitative estimate of drug-likeness (QED) is 0.795. The lowest BCUT2D eigenvalue weighted by Crippen LogP contribution is -2.22. The van der Waals surface area contributed by atoms with Crippen LogP contribution in [-0.4, -0.2) is 24.4 Å². The second-order valence-corrected chi connectivity index (χ2v) is 5.15. The summed E-state index contributed by atoms with van der Waals surface area (Å²) in [5.74, 6) is 1.53. The van der Waals surface area contributed by atoms with Gasteiger partial charge in [-0.05, 0) is 25.8 Å². The highest BCUT2D eigenvalue weighted by molar-refractivity contribution is 7.98. The molecule has 0 aliphatic carbocycles. The molecule has 1 aromatic rings. The molecule has 1 aliphatic heterocycles. The van der Waals surface area contributed by atoms with Crippen LogP contribution in [0.5, 0.6) is 0 Å². The van der Waals surface area contributed by atoms with E-state index in [4.69, 9.17) is 9.15 Å². The van der Waals surface area contributed by atoms with Gasteiger partial charge >= 0.3 is 0 Å². The second kappa shape index (κ2) is 5.60. The molecule has 1 saturated heterocycles. The van der Waals surface area contributed by atoms with E-state index < -0.39 is 5.97 Å². The number of hydrogen-bond acceptors (Lipinski definition) is 5. The van der Waals surface area contributed by atoms with Crippen molar-refractivity contribution in [2.24, 2.45) is 0 Å². The number of aromatic carboxylic acids is 1. The summed E-state index contributed by atoms with van der Waals surface area (Å²) in [6.45, 7) is 2.50. The number of thioether (sulfide) groups is 1. The Morgan fingerprint density at radius 3 is 3.06 bits per heavy atom. The van der Waals surface area contributed by atoms with E-state index in [-0.39, 0.29) is 5.56 Å². The predicted molar refractivity (Wildman–Crippen MR) is 62.9 cm³/mol. The van der Waals surface area contributed by atoms with Crippen molar-refractivity contribution in [3.05, 3.63) is 23.2 Å². The molecule has 0 aromatic carbocycles. The van der Waals surface area contributed by atoms with Gasteiger partial charge in [-0.25, -0.2) is 0 Å². The standard InChI is InChI=1S/C12H16O4S/c1-8-11(12(13)14)5-10(16-8)7-17-6-9-3-2-4-15-9/h5,9H,2-4,6-7H2,1H3,(H,13,14)/p-1/t9-/m0/s1. The number of hydrogen-bond donors (Lipinski definition) is 0. The molecule has 2 rings (SSSR count). The van der Waals surface area contributed by atoms with Crippen molar-refractivity contribution in [1.82, 2.24) is 0 Å². The molecular formula is C12H15O4S-. The number of carbonyl (C=O) groups is 1. The average Bonchev–Trinajstić information content (AvgIpc) is 2.88. The highest BCUT2D eigenvalue weighted by atomic mass is 32.2. The van der Waals surface area contributed by atoms with Crippen molar-refractivity contribution in [2.75, 3.05) is 12.4 Å². The van der Waals surface area contributed by atoms with Crippen LogP contribution in [0.15, 0.2) is 10.5 Å². The lowest BCUT2D eigenvalue weighted by Gasteiger charge is -2.07. The maximum atomic E-state index is 10.7. The van der Waals surface area contributed by atoms with Crippen LogP contribution in [0, 0.1) is 6.92 Å². The summed E-state index contributed by atoms with van der Waals surface area (Å²) in [5, 5.41) is 10.7. The summed E-state index contributed by atoms with van der Waals surface area (Å²) in [6.07, 6.45) is 2.60. The van der Waals surface area contributed by atoms with Crippen molar-refractivity contribution in [1.29, 1.82) is 0 Å². The molecule has 0 amide bonds. The Balaban J connectivity index is 1.82. The molecule has 1 atom stereocenters. The number of ether oxygens (including phenoxy) is 1. The fraction of sp³-hybridized carbons (Fsp3) is 0.583. The number of aryl methyl sites for hydroxylation is 1. The summed E-state index contributed by atoms with van der Waals surface area (Å²) < 4.78 is 10.9. The van der Waals surface area contributed by atoms with Crippen molar-refractivity contribution in [3.63, 3.8) is 0 Å². The molecule has 0 bridgehead atoms. The molecule has 17 heavy (non-hydrogen) atoms. The van der Waals surface area contributed by atoms with Crippen LogP contribution in [0.3, 0.4) is 0 Å². The molecule has 94 valence electrons. The lowest BCUT2D eigenvalue weighted by atomic mass is 10.2. The number of carbonyl (C=O) groups excluding carboxylic acids is 1. The van der Waals surface area contributed by atoms with Crippen molar-refractivity contribution in [2.45, 2.75) is 31.6 Å². The average molecular weight is 255 g/mol. The Hall–Kier alpha value is -0.940. The molecule has 0 radical (unpaired) electrons.